The number of hydrogen-bond acceptors (Lipinski definition) is 6. The van der Waals surface area contributed by atoms with Gasteiger partial charge in [-0.3, -0.25) is 19.5 Å². The first-order valence-electron chi connectivity index (χ1n) is 11.1. The number of rotatable bonds is 6. The molecule has 2 aromatic carbocycles. The molecule has 0 N–H and O–H groups in total. The molecular formula is C24H23N5O5. The summed E-state index contributed by atoms with van der Waals surface area (Å²) in [5, 5.41) is 11.2. The molecule has 174 valence electrons. The van der Waals surface area contributed by atoms with Crippen LogP contribution >= 0.6 is 0 Å². The van der Waals surface area contributed by atoms with Gasteiger partial charge < -0.3 is 9.30 Å². The summed E-state index contributed by atoms with van der Waals surface area (Å²) in [5.41, 5.74) is 0.857. The van der Waals surface area contributed by atoms with E-state index in [0.717, 1.165) is 25.7 Å². The SMILES string of the molecule is COc1cccc(-n2c(=O)n(C3CCCC3)c(=O)c3c2ncn3Cc2cccc([N+](=O)[O-])c2)c1. The summed E-state index contributed by atoms with van der Waals surface area (Å²) < 4.78 is 9.78. The van der Waals surface area contributed by atoms with E-state index in [-0.39, 0.29) is 29.4 Å². The van der Waals surface area contributed by atoms with Crippen molar-refractivity contribution in [2.24, 2.45) is 0 Å². The van der Waals surface area contributed by atoms with Gasteiger partial charge in [-0.05, 0) is 30.5 Å². The molecule has 2 heterocycles. The van der Waals surface area contributed by atoms with Crippen LogP contribution in [0.3, 0.4) is 0 Å². The van der Waals surface area contributed by atoms with Crippen molar-refractivity contribution < 1.29 is 9.66 Å². The summed E-state index contributed by atoms with van der Waals surface area (Å²) >= 11 is 0. The van der Waals surface area contributed by atoms with E-state index in [2.05, 4.69) is 4.98 Å². The number of imidazole rings is 1. The molecule has 2 aromatic heterocycles. The van der Waals surface area contributed by atoms with Gasteiger partial charge in [-0.25, -0.2) is 14.3 Å². The van der Waals surface area contributed by atoms with Crippen LogP contribution in [0.4, 0.5) is 5.69 Å². The van der Waals surface area contributed by atoms with E-state index in [0.29, 0.717) is 17.0 Å². The van der Waals surface area contributed by atoms with Crippen molar-refractivity contribution in [3.63, 3.8) is 0 Å². The van der Waals surface area contributed by atoms with Crippen molar-refractivity contribution in [2.45, 2.75) is 38.3 Å². The molecule has 10 heteroatoms. The molecule has 0 atom stereocenters. The van der Waals surface area contributed by atoms with Gasteiger partial charge in [-0.2, -0.15) is 0 Å². The Hall–Kier alpha value is -4.21. The third-order valence-corrected chi connectivity index (χ3v) is 6.32. The Bertz CT molecular complexity index is 1510. The number of nitrogens with zero attached hydrogens (tertiary/aromatic N) is 5. The number of methoxy groups -OCH3 is 1. The Labute approximate surface area is 193 Å². The number of nitro benzene ring substituents is 1. The van der Waals surface area contributed by atoms with Crippen LogP contribution in [-0.2, 0) is 6.54 Å². The molecule has 1 aliphatic carbocycles. The molecule has 10 nitrogen and oxygen atoms in total. The summed E-state index contributed by atoms with van der Waals surface area (Å²) in [4.78, 5) is 42.5. The van der Waals surface area contributed by atoms with Gasteiger partial charge in [0.1, 0.15) is 5.75 Å². The predicted octanol–water partition coefficient (Wildman–Crippen LogP) is 3.43. The van der Waals surface area contributed by atoms with Crippen molar-refractivity contribution in [3.8, 4) is 11.4 Å². The molecule has 34 heavy (non-hydrogen) atoms. The number of ether oxygens (including phenoxy) is 1. The van der Waals surface area contributed by atoms with E-state index < -0.39 is 16.2 Å². The van der Waals surface area contributed by atoms with E-state index >= 15 is 0 Å². The fourth-order valence-electron chi connectivity index (χ4n) is 4.70. The second-order valence-corrected chi connectivity index (χ2v) is 8.40. The standard InChI is InChI=1S/C24H23N5O5/c1-34-20-11-5-9-18(13-20)27-22-21(23(30)28(24(27)31)17-7-2-3-8-17)26(15-25-22)14-16-6-4-10-19(12-16)29(32)33/h4-6,9-13,15,17H,2-3,7-8,14H2,1H3. The van der Waals surface area contributed by atoms with Crippen molar-refractivity contribution in [2.75, 3.05) is 7.11 Å². The Morgan fingerprint density at radius 2 is 1.88 bits per heavy atom. The fraction of sp³-hybridized carbons (Fsp3) is 0.292. The zero-order valence-electron chi connectivity index (χ0n) is 18.6. The number of fused-ring (bicyclic) bond motifs is 1. The zero-order valence-corrected chi connectivity index (χ0v) is 18.6. The minimum atomic E-state index is -0.455. The number of nitro groups is 1. The minimum absolute atomic E-state index is 0.0291. The molecule has 0 aliphatic heterocycles. The van der Waals surface area contributed by atoms with Crippen LogP contribution in [0.5, 0.6) is 5.75 Å². The average Bonchev–Trinajstić information content (AvgIpc) is 3.50. The van der Waals surface area contributed by atoms with Crippen LogP contribution < -0.4 is 16.0 Å². The number of non-ortho nitro benzene ring substituents is 1. The minimum Gasteiger partial charge on any atom is -0.497 e. The van der Waals surface area contributed by atoms with E-state index in [1.165, 1.54) is 27.6 Å². The maximum absolute atomic E-state index is 13.6. The largest absolute Gasteiger partial charge is 0.497 e. The van der Waals surface area contributed by atoms with Gasteiger partial charge in [-0.1, -0.05) is 31.0 Å². The maximum atomic E-state index is 13.6. The molecule has 0 unspecified atom stereocenters. The quantitative estimate of drug-likeness (QED) is 0.321. The lowest BCUT2D eigenvalue weighted by atomic mass is 10.2. The summed E-state index contributed by atoms with van der Waals surface area (Å²) in [6.45, 7) is 0.203. The normalized spacial score (nSPS) is 14.0. The average molecular weight is 461 g/mol. The number of aromatic nitrogens is 4. The first-order valence-corrected chi connectivity index (χ1v) is 11.1. The lowest BCUT2D eigenvalue weighted by molar-refractivity contribution is -0.384. The highest BCUT2D eigenvalue weighted by Crippen LogP contribution is 2.28. The van der Waals surface area contributed by atoms with Crippen LogP contribution in [0.25, 0.3) is 16.9 Å². The van der Waals surface area contributed by atoms with Crippen molar-refractivity contribution in [3.05, 3.63) is 91.4 Å². The third kappa shape index (κ3) is 3.66. The molecular weight excluding hydrogens is 438 g/mol. The summed E-state index contributed by atoms with van der Waals surface area (Å²) in [7, 11) is 1.55. The van der Waals surface area contributed by atoms with E-state index in [1.54, 1.807) is 48.1 Å². The first-order chi connectivity index (χ1) is 16.5. The molecule has 0 amide bonds. The van der Waals surface area contributed by atoms with Gasteiger partial charge >= 0.3 is 5.69 Å². The van der Waals surface area contributed by atoms with Crippen LogP contribution in [0.1, 0.15) is 37.3 Å². The summed E-state index contributed by atoms with van der Waals surface area (Å²) in [6.07, 6.45) is 4.94. The molecule has 4 aromatic rings. The van der Waals surface area contributed by atoms with Crippen LogP contribution in [-0.4, -0.2) is 30.7 Å². The van der Waals surface area contributed by atoms with Crippen LogP contribution in [0.15, 0.2) is 64.4 Å². The molecule has 0 radical (unpaired) electrons. The Morgan fingerprint density at radius 3 is 2.62 bits per heavy atom. The van der Waals surface area contributed by atoms with Gasteiger partial charge in [0, 0.05) is 30.8 Å². The highest BCUT2D eigenvalue weighted by molar-refractivity contribution is 5.72. The Kier molecular flexibility index (Phi) is 5.48. The highest BCUT2D eigenvalue weighted by atomic mass is 16.6. The Morgan fingerprint density at radius 1 is 1.12 bits per heavy atom. The summed E-state index contributed by atoms with van der Waals surface area (Å²) in [6, 6.07) is 13.1. The van der Waals surface area contributed by atoms with E-state index in [9.17, 15) is 19.7 Å². The lowest BCUT2D eigenvalue weighted by Gasteiger charge is -2.17. The second-order valence-electron chi connectivity index (χ2n) is 8.40. The lowest BCUT2D eigenvalue weighted by Crippen LogP contribution is -2.41. The topological polar surface area (TPSA) is 114 Å². The fourth-order valence-corrected chi connectivity index (χ4v) is 4.70. The summed E-state index contributed by atoms with van der Waals surface area (Å²) in [5.74, 6) is 0.576. The highest BCUT2D eigenvalue weighted by Gasteiger charge is 2.26. The molecule has 5 rings (SSSR count). The van der Waals surface area contributed by atoms with Gasteiger partial charge in [0.15, 0.2) is 11.2 Å². The molecule has 1 saturated carbocycles. The third-order valence-electron chi connectivity index (χ3n) is 6.32. The first kappa shape index (κ1) is 21.6. The van der Waals surface area contributed by atoms with Gasteiger partial charge in [0.05, 0.1) is 24.0 Å². The maximum Gasteiger partial charge on any atom is 0.337 e. The number of benzene rings is 2. The predicted molar refractivity (Wildman–Crippen MR) is 126 cm³/mol. The van der Waals surface area contributed by atoms with E-state index in [4.69, 9.17) is 4.74 Å². The van der Waals surface area contributed by atoms with Crippen LogP contribution in [0.2, 0.25) is 0 Å². The van der Waals surface area contributed by atoms with Crippen LogP contribution in [0, 0.1) is 10.1 Å². The Balaban J connectivity index is 1.75. The zero-order chi connectivity index (χ0) is 23.8. The smallest absolute Gasteiger partial charge is 0.337 e. The van der Waals surface area contributed by atoms with Gasteiger partial charge in [0.25, 0.3) is 11.2 Å². The molecule has 1 aliphatic rings. The number of hydrogen-bond donors (Lipinski definition) is 0. The van der Waals surface area contributed by atoms with E-state index in [1.807, 2.05) is 0 Å². The molecule has 1 fully saturated rings. The van der Waals surface area contributed by atoms with Crippen molar-refractivity contribution in [1.29, 1.82) is 0 Å². The van der Waals surface area contributed by atoms with Gasteiger partial charge in [0.2, 0.25) is 0 Å². The van der Waals surface area contributed by atoms with Crippen molar-refractivity contribution >= 4 is 16.9 Å². The second kappa shape index (κ2) is 8.62. The monoisotopic (exact) mass is 461 g/mol. The van der Waals surface area contributed by atoms with Gasteiger partial charge in [-0.15, -0.1) is 0 Å². The molecule has 0 spiro atoms. The van der Waals surface area contributed by atoms with Crippen molar-refractivity contribution in [1.82, 2.24) is 18.7 Å². The molecule has 0 bridgehead atoms. The molecule has 0 saturated heterocycles.